The zero-order valence-corrected chi connectivity index (χ0v) is 18.4. The number of nitrogens with one attached hydrogen (secondary N) is 1. The molecule has 1 aliphatic rings. The first-order chi connectivity index (χ1) is 15.4. The lowest BCUT2D eigenvalue weighted by molar-refractivity contribution is 0.317. The average molecular weight is 454 g/mol. The zero-order valence-electron chi connectivity index (χ0n) is 17.7. The summed E-state index contributed by atoms with van der Waals surface area (Å²) in [7, 11) is 0. The average Bonchev–Trinajstić information content (AvgIpc) is 3.26. The first-order valence-corrected chi connectivity index (χ1v) is 10.8. The number of rotatable bonds is 6. The van der Waals surface area contributed by atoms with Gasteiger partial charge in [-0.25, -0.2) is 4.98 Å². The molecule has 5 N–H and O–H groups in total. The Kier molecular flexibility index (Phi) is 6.12. The molecule has 1 atom stereocenters. The molecule has 0 spiro atoms. The number of hydrogen-bond acceptors (Lipinski definition) is 9. The first-order valence-electron chi connectivity index (χ1n) is 10.4. The predicted molar refractivity (Wildman–Crippen MR) is 124 cm³/mol. The van der Waals surface area contributed by atoms with Gasteiger partial charge in [0.2, 0.25) is 5.95 Å². The number of nitrogen functional groups attached to an aromatic ring is 2. The Morgan fingerprint density at radius 2 is 1.97 bits per heavy atom. The van der Waals surface area contributed by atoms with E-state index in [0.29, 0.717) is 28.3 Å². The van der Waals surface area contributed by atoms with Crippen molar-refractivity contribution in [2.24, 2.45) is 0 Å². The van der Waals surface area contributed by atoms with E-state index in [1.54, 1.807) is 22.8 Å². The molecule has 0 amide bonds. The monoisotopic (exact) mass is 453 g/mol. The van der Waals surface area contributed by atoms with Crippen molar-refractivity contribution in [3.05, 3.63) is 45.0 Å². The van der Waals surface area contributed by atoms with Crippen LogP contribution in [0.4, 0.5) is 17.6 Å². The SMILES string of the molecule is C[C@H](Nc1nc(N)nc(N)c1C#N)c1nc2cccc(Cl)c2c(=O)n1CCN1CCCC1. The molecular formula is C21H24ClN9O. The minimum absolute atomic E-state index is 0.0145. The van der Waals surface area contributed by atoms with Crippen LogP contribution in [0.15, 0.2) is 23.0 Å². The van der Waals surface area contributed by atoms with Crippen molar-refractivity contribution in [2.75, 3.05) is 36.4 Å². The van der Waals surface area contributed by atoms with Crippen LogP contribution in [0.3, 0.4) is 0 Å². The highest BCUT2D eigenvalue weighted by Crippen LogP contribution is 2.25. The lowest BCUT2D eigenvalue weighted by atomic mass is 10.2. The summed E-state index contributed by atoms with van der Waals surface area (Å²) in [5, 5.41) is 13.4. The largest absolute Gasteiger partial charge is 0.382 e. The quantitative estimate of drug-likeness (QED) is 0.509. The van der Waals surface area contributed by atoms with Crippen LogP contribution in [0.5, 0.6) is 0 Å². The topological polar surface area (TPSA) is 152 Å². The van der Waals surface area contributed by atoms with Gasteiger partial charge in [0, 0.05) is 13.1 Å². The molecule has 10 nitrogen and oxygen atoms in total. The maximum absolute atomic E-state index is 13.4. The maximum atomic E-state index is 13.4. The Balaban J connectivity index is 1.77. The van der Waals surface area contributed by atoms with Crippen LogP contribution in [-0.4, -0.2) is 44.1 Å². The minimum Gasteiger partial charge on any atom is -0.382 e. The standard InChI is InChI=1S/C21H24ClN9O/c1-12(26-18-13(11-23)17(24)28-21(25)29-18)19-27-15-6-4-5-14(22)16(15)20(32)31(19)10-9-30-7-2-3-8-30/h4-6,12H,2-3,7-10H2,1H3,(H5,24,25,26,28,29)/t12-/m0/s1. The highest BCUT2D eigenvalue weighted by atomic mass is 35.5. The summed E-state index contributed by atoms with van der Waals surface area (Å²) < 4.78 is 1.64. The van der Waals surface area contributed by atoms with E-state index in [9.17, 15) is 10.1 Å². The molecule has 2 aromatic heterocycles. The molecule has 0 radical (unpaired) electrons. The normalized spacial score (nSPS) is 15.0. The summed E-state index contributed by atoms with van der Waals surface area (Å²) in [5.41, 5.74) is 11.9. The van der Waals surface area contributed by atoms with E-state index < -0.39 is 6.04 Å². The second-order valence-corrected chi connectivity index (χ2v) is 8.19. The molecule has 32 heavy (non-hydrogen) atoms. The van der Waals surface area contributed by atoms with Crippen molar-refractivity contribution < 1.29 is 0 Å². The molecule has 0 aliphatic carbocycles. The molecule has 1 aromatic carbocycles. The Morgan fingerprint density at radius 1 is 1.22 bits per heavy atom. The summed E-state index contributed by atoms with van der Waals surface area (Å²) >= 11 is 6.34. The van der Waals surface area contributed by atoms with E-state index in [1.165, 1.54) is 0 Å². The molecule has 1 aliphatic heterocycles. The van der Waals surface area contributed by atoms with Gasteiger partial charge in [0.05, 0.1) is 22.0 Å². The molecule has 3 heterocycles. The number of fused-ring (bicyclic) bond motifs is 1. The number of aromatic nitrogens is 4. The number of likely N-dealkylation sites (tertiary alicyclic amines) is 1. The number of halogens is 1. The Labute approximate surface area is 189 Å². The summed E-state index contributed by atoms with van der Waals surface area (Å²) in [6, 6.07) is 6.71. The summed E-state index contributed by atoms with van der Waals surface area (Å²) in [6.07, 6.45) is 2.32. The summed E-state index contributed by atoms with van der Waals surface area (Å²) in [6.45, 7) is 5.07. The van der Waals surface area contributed by atoms with Gasteiger partial charge in [-0.15, -0.1) is 0 Å². The highest BCUT2D eigenvalue weighted by Gasteiger charge is 2.21. The van der Waals surface area contributed by atoms with Gasteiger partial charge in [0.15, 0.2) is 5.82 Å². The Morgan fingerprint density at radius 3 is 2.69 bits per heavy atom. The smallest absolute Gasteiger partial charge is 0.263 e. The first kappa shape index (κ1) is 21.8. The predicted octanol–water partition coefficient (Wildman–Crippen LogP) is 2.14. The van der Waals surface area contributed by atoms with Gasteiger partial charge < -0.3 is 21.7 Å². The van der Waals surface area contributed by atoms with Crippen molar-refractivity contribution in [3.8, 4) is 6.07 Å². The van der Waals surface area contributed by atoms with E-state index in [4.69, 9.17) is 28.1 Å². The molecule has 11 heteroatoms. The van der Waals surface area contributed by atoms with Crippen LogP contribution in [0.2, 0.25) is 5.02 Å². The van der Waals surface area contributed by atoms with Crippen LogP contribution in [0.1, 0.15) is 37.2 Å². The number of nitriles is 1. The molecule has 0 bridgehead atoms. The van der Waals surface area contributed by atoms with Crippen LogP contribution in [-0.2, 0) is 6.54 Å². The lowest BCUT2D eigenvalue weighted by Crippen LogP contribution is -2.33. The van der Waals surface area contributed by atoms with Crippen LogP contribution < -0.4 is 22.3 Å². The second kappa shape index (κ2) is 8.98. The highest BCUT2D eigenvalue weighted by molar-refractivity contribution is 6.35. The minimum atomic E-state index is -0.481. The Bertz CT molecular complexity index is 1260. The maximum Gasteiger partial charge on any atom is 0.263 e. The lowest BCUT2D eigenvalue weighted by Gasteiger charge is -2.22. The number of benzene rings is 1. The van der Waals surface area contributed by atoms with Gasteiger partial charge in [-0.05, 0) is 45.0 Å². The summed E-state index contributed by atoms with van der Waals surface area (Å²) in [5.74, 6) is 0.625. The molecule has 4 rings (SSSR count). The van der Waals surface area contributed by atoms with Crippen molar-refractivity contribution in [3.63, 3.8) is 0 Å². The molecule has 3 aromatic rings. The molecule has 1 saturated heterocycles. The molecule has 0 saturated carbocycles. The van der Waals surface area contributed by atoms with Crippen LogP contribution in [0.25, 0.3) is 10.9 Å². The molecule has 1 fully saturated rings. The van der Waals surface area contributed by atoms with Gasteiger partial charge >= 0.3 is 0 Å². The van der Waals surface area contributed by atoms with Gasteiger partial charge in [0.25, 0.3) is 5.56 Å². The fraction of sp³-hybridized carbons (Fsp3) is 0.381. The fourth-order valence-corrected chi connectivity index (χ4v) is 4.27. The third-order valence-electron chi connectivity index (χ3n) is 5.61. The van der Waals surface area contributed by atoms with Gasteiger partial charge in [0.1, 0.15) is 23.3 Å². The molecular weight excluding hydrogens is 430 g/mol. The number of hydrogen-bond donors (Lipinski definition) is 3. The van der Waals surface area contributed by atoms with Crippen molar-refractivity contribution in [1.29, 1.82) is 5.26 Å². The van der Waals surface area contributed by atoms with E-state index >= 15 is 0 Å². The van der Waals surface area contributed by atoms with Gasteiger partial charge in [-0.3, -0.25) is 9.36 Å². The third kappa shape index (κ3) is 4.17. The number of nitrogens with two attached hydrogens (primary N) is 2. The van der Waals surface area contributed by atoms with E-state index in [0.717, 1.165) is 32.5 Å². The van der Waals surface area contributed by atoms with E-state index in [1.807, 2.05) is 13.0 Å². The van der Waals surface area contributed by atoms with Gasteiger partial charge in [-0.1, -0.05) is 17.7 Å². The van der Waals surface area contributed by atoms with Crippen molar-refractivity contribution >= 4 is 40.1 Å². The Hall–Kier alpha value is -3.42. The zero-order chi connectivity index (χ0) is 22.8. The van der Waals surface area contributed by atoms with Crippen molar-refractivity contribution in [1.82, 2.24) is 24.4 Å². The van der Waals surface area contributed by atoms with E-state index in [2.05, 4.69) is 20.2 Å². The second-order valence-electron chi connectivity index (χ2n) is 7.78. The number of nitrogens with zero attached hydrogens (tertiary/aromatic N) is 6. The number of anilines is 3. The van der Waals surface area contributed by atoms with Crippen LogP contribution >= 0.6 is 11.6 Å². The van der Waals surface area contributed by atoms with Crippen LogP contribution in [0, 0.1) is 11.3 Å². The van der Waals surface area contributed by atoms with E-state index in [-0.39, 0.29) is 28.7 Å². The fourth-order valence-electron chi connectivity index (χ4n) is 4.02. The summed E-state index contributed by atoms with van der Waals surface area (Å²) in [4.78, 5) is 28.5. The molecule has 166 valence electrons. The van der Waals surface area contributed by atoms with Gasteiger partial charge in [-0.2, -0.15) is 15.2 Å². The van der Waals surface area contributed by atoms with Crippen molar-refractivity contribution in [2.45, 2.75) is 32.4 Å². The molecule has 0 unspecified atom stereocenters. The third-order valence-corrected chi connectivity index (χ3v) is 5.92.